The van der Waals surface area contributed by atoms with Crippen molar-refractivity contribution in [1.29, 1.82) is 0 Å². The van der Waals surface area contributed by atoms with Gasteiger partial charge in [0, 0.05) is 17.2 Å². The number of benzene rings is 2. The second kappa shape index (κ2) is 8.31. The Morgan fingerprint density at radius 3 is 2.54 bits per heavy atom. The van der Waals surface area contributed by atoms with Crippen LogP contribution in [-0.4, -0.2) is 30.8 Å². The first-order valence-corrected chi connectivity index (χ1v) is 9.69. The number of hydrogen-bond donors (Lipinski definition) is 0. The summed E-state index contributed by atoms with van der Waals surface area (Å²) in [6, 6.07) is 21.3. The highest BCUT2D eigenvalue weighted by Gasteiger charge is 2.17. The molecule has 2 heterocycles. The molecule has 4 rings (SSSR count). The van der Waals surface area contributed by atoms with Crippen LogP contribution in [0.15, 0.2) is 77.4 Å². The number of hydrogen-bond acceptors (Lipinski definition) is 4. The molecular formula is C21H18BrN5O. The van der Waals surface area contributed by atoms with Crippen molar-refractivity contribution >= 4 is 32.9 Å². The van der Waals surface area contributed by atoms with E-state index in [0.29, 0.717) is 13.1 Å². The van der Waals surface area contributed by atoms with E-state index in [1.165, 1.54) is 0 Å². The number of pyridine rings is 1. The van der Waals surface area contributed by atoms with E-state index >= 15 is 0 Å². The van der Waals surface area contributed by atoms with Crippen LogP contribution < -0.4 is 0 Å². The Balaban J connectivity index is 1.57. The first-order valence-electron chi connectivity index (χ1n) is 8.89. The highest BCUT2D eigenvalue weighted by Crippen LogP contribution is 2.15. The van der Waals surface area contributed by atoms with Crippen LogP contribution in [0, 0.1) is 0 Å². The number of nitrogens with zero attached hydrogens (tertiary/aromatic N) is 5. The van der Waals surface area contributed by atoms with Gasteiger partial charge in [0.1, 0.15) is 12.1 Å². The lowest BCUT2D eigenvalue weighted by molar-refractivity contribution is -0.133. The van der Waals surface area contributed by atoms with E-state index in [4.69, 9.17) is 0 Å². The van der Waals surface area contributed by atoms with Crippen LogP contribution in [0.5, 0.6) is 0 Å². The number of carbonyl (C=O) groups excluding carboxylic acids is 1. The second-order valence-corrected chi connectivity index (χ2v) is 7.35. The van der Waals surface area contributed by atoms with Gasteiger partial charge < -0.3 is 4.90 Å². The highest BCUT2D eigenvalue weighted by molar-refractivity contribution is 9.10. The van der Waals surface area contributed by atoms with Crippen LogP contribution in [0.25, 0.3) is 11.0 Å². The van der Waals surface area contributed by atoms with Crippen molar-refractivity contribution in [3.05, 3.63) is 88.7 Å². The van der Waals surface area contributed by atoms with Crippen molar-refractivity contribution in [3.63, 3.8) is 0 Å². The molecular weight excluding hydrogens is 418 g/mol. The molecule has 0 aliphatic rings. The van der Waals surface area contributed by atoms with E-state index in [9.17, 15) is 4.79 Å². The quantitative estimate of drug-likeness (QED) is 0.461. The number of rotatable bonds is 6. The summed E-state index contributed by atoms with van der Waals surface area (Å²) in [6.07, 6.45) is 1.74. The van der Waals surface area contributed by atoms with Crippen LogP contribution >= 0.6 is 15.9 Å². The largest absolute Gasteiger partial charge is 0.331 e. The van der Waals surface area contributed by atoms with Gasteiger partial charge in [0.05, 0.1) is 17.8 Å². The number of carbonyl (C=O) groups is 1. The molecule has 0 aliphatic carbocycles. The van der Waals surface area contributed by atoms with E-state index in [1.54, 1.807) is 15.8 Å². The molecule has 6 nitrogen and oxygen atoms in total. The Morgan fingerprint density at radius 2 is 1.75 bits per heavy atom. The fourth-order valence-corrected chi connectivity index (χ4v) is 3.26. The molecule has 2 aromatic carbocycles. The third-order valence-corrected chi connectivity index (χ3v) is 4.95. The molecule has 4 aromatic rings. The van der Waals surface area contributed by atoms with Gasteiger partial charge in [-0.15, -0.1) is 5.10 Å². The Kier molecular flexibility index (Phi) is 5.43. The second-order valence-electron chi connectivity index (χ2n) is 6.43. The number of fused-ring (bicyclic) bond motifs is 1. The minimum atomic E-state index is -0.0378. The predicted molar refractivity (Wildman–Crippen MR) is 110 cm³/mol. The average molecular weight is 436 g/mol. The fourth-order valence-electron chi connectivity index (χ4n) is 2.99. The van der Waals surface area contributed by atoms with Crippen LogP contribution in [0.2, 0.25) is 0 Å². The lowest BCUT2D eigenvalue weighted by Gasteiger charge is -2.23. The topological polar surface area (TPSA) is 63.9 Å². The van der Waals surface area contributed by atoms with Gasteiger partial charge in [-0.05, 0) is 42.0 Å². The molecule has 0 N–H and O–H groups in total. The minimum absolute atomic E-state index is 0.0378. The molecule has 0 aliphatic heterocycles. The maximum Gasteiger partial charge on any atom is 0.245 e. The molecule has 1 amide bonds. The molecule has 0 atom stereocenters. The molecule has 0 fully saturated rings. The Hall–Kier alpha value is -3.06. The van der Waals surface area contributed by atoms with Crippen LogP contribution in [0.4, 0.5) is 0 Å². The highest BCUT2D eigenvalue weighted by atomic mass is 79.9. The average Bonchev–Trinajstić information content (AvgIpc) is 3.13. The molecule has 0 unspecified atom stereocenters. The molecule has 0 saturated heterocycles. The Morgan fingerprint density at radius 1 is 0.964 bits per heavy atom. The lowest BCUT2D eigenvalue weighted by Crippen LogP contribution is -2.33. The zero-order valence-electron chi connectivity index (χ0n) is 15.1. The van der Waals surface area contributed by atoms with E-state index in [2.05, 4.69) is 31.2 Å². The summed E-state index contributed by atoms with van der Waals surface area (Å²) in [5.41, 5.74) is 3.52. The van der Waals surface area contributed by atoms with Gasteiger partial charge in [-0.25, -0.2) is 4.68 Å². The SMILES string of the molecule is O=C(Cn1nnc2ccccc21)N(Cc1ccc(Br)cc1)Cc1ccccn1. The van der Waals surface area contributed by atoms with Crippen molar-refractivity contribution < 1.29 is 4.79 Å². The van der Waals surface area contributed by atoms with E-state index < -0.39 is 0 Å². The van der Waals surface area contributed by atoms with Crippen molar-refractivity contribution in [1.82, 2.24) is 24.9 Å². The summed E-state index contributed by atoms with van der Waals surface area (Å²) in [4.78, 5) is 19.3. The minimum Gasteiger partial charge on any atom is -0.331 e. The summed E-state index contributed by atoms with van der Waals surface area (Å²) in [7, 11) is 0. The van der Waals surface area contributed by atoms with Crippen LogP contribution in [-0.2, 0) is 24.4 Å². The molecule has 0 radical (unpaired) electrons. The summed E-state index contributed by atoms with van der Waals surface area (Å²) in [6.45, 7) is 1.06. The Labute approximate surface area is 170 Å². The van der Waals surface area contributed by atoms with Crippen molar-refractivity contribution in [3.8, 4) is 0 Å². The summed E-state index contributed by atoms with van der Waals surface area (Å²) in [5, 5.41) is 8.27. The third kappa shape index (κ3) is 4.26. The molecule has 0 bridgehead atoms. The van der Waals surface area contributed by atoms with Gasteiger partial charge in [-0.2, -0.15) is 0 Å². The number of aromatic nitrogens is 4. The normalized spacial score (nSPS) is 10.9. The zero-order chi connectivity index (χ0) is 19.3. The smallest absolute Gasteiger partial charge is 0.245 e. The van der Waals surface area contributed by atoms with Gasteiger partial charge in [0.15, 0.2) is 0 Å². The van der Waals surface area contributed by atoms with E-state index in [-0.39, 0.29) is 12.5 Å². The lowest BCUT2D eigenvalue weighted by atomic mass is 10.2. The van der Waals surface area contributed by atoms with Crippen molar-refractivity contribution in [2.75, 3.05) is 0 Å². The molecule has 140 valence electrons. The third-order valence-electron chi connectivity index (χ3n) is 4.42. The zero-order valence-corrected chi connectivity index (χ0v) is 16.7. The van der Waals surface area contributed by atoms with Gasteiger partial charge in [-0.3, -0.25) is 9.78 Å². The molecule has 7 heteroatoms. The van der Waals surface area contributed by atoms with Crippen molar-refractivity contribution in [2.24, 2.45) is 0 Å². The first-order chi connectivity index (χ1) is 13.7. The van der Waals surface area contributed by atoms with Crippen molar-refractivity contribution in [2.45, 2.75) is 19.6 Å². The maximum atomic E-state index is 13.1. The maximum absolute atomic E-state index is 13.1. The van der Waals surface area contributed by atoms with Gasteiger partial charge in [-0.1, -0.05) is 51.5 Å². The summed E-state index contributed by atoms with van der Waals surface area (Å²) < 4.78 is 2.65. The van der Waals surface area contributed by atoms with Gasteiger partial charge in [0.25, 0.3) is 0 Å². The molecule has 2 aromatic heterocycles. The van der Waals surface area contributed by atoms with E-state index in [1.807, 2.05) is 66.7 Å². The predicted octanol–water partition coefficient (Wildman–Crippen LogP) is 3.82. The Bertz CT molecular complexity index is 1080. The fraction of sp³-hybridized carbons (Fsp3) is 0.143. The summed E-state index contributed by atoms with van der Waals surface area (Å²) in [5.74, 6) is -0.0378. The summed E-state index contributed by atoms with van der Waals surface area (Å²) >= 11 is 3.45. The first kappa shape index (κ1) is 18.3. The number of halogens is 1. The van der Waals surface area contributed by atoms with Crippen LogP contribution in [0.1, 0.15) is 11.3 Å². The molecule has 0 saturated carbocycles. The molecule has 28 heavy (non-hydrogen) atoms. The standard InChI is InChI=1S/C21H18BrN5O/c22-17-10-8-16(9-11-17)13-26(14-18-5-3-4-12-23-18)21(28)15-27-20-7-2-1-6-19(20)24-25-27/h1-12H,13-15H2. The molecule has 0 spiro atoms. The monoisotopic (exact) mass is 435 g/mol. The van der Waals surface area contributed by atoms with E-state index in [0.717, 1.165) is 26.8 Å². The number of amides is 1. The van der Waals surface area contributed by atoms with Crippen LogP contribution in [0.3, 0.4) is 0 Å². The number of para-hydroxylation sites is 1. The van der Waals surface area contributed by atoms with Gasteiger partial charge >= 0.3 is 0 Å². The van der Waals surface area contributed by atoms with Gasteiger partial charge in [0.2, 0.25) is 5.91 Å².